The monoisotopic (exact) mass is 288 g/mol. The minimum atomic E-state index is 0.0551. The number of carbonyl (C=O) groups excluding carboxylic acids is 1. The third-order valence-corrected chi connectivity index (χ3v) is 4.81. The van der Waals surface area contributed by atoms with Crippen molar-refractivity contribution in [2.75, 3.05) is 0 Å². The first-order valence-electron chi connectivity index (χ1n) is 5.90. The van der Waals surface area contributed by atoms with Crippen molar-refractivity contribution in [1.29, 1.82) is 0 Å². The van der Waals surface area contributed by atoms with Crippen LogP contribution in [-0.4, -0.2) is 10.8 Å². The molecule has 2 N–H and O–H groups in total. The summed E-state index contributed by atoms with van der Waals surface area (Å²) < 4.78 is 1.21. The molecule has 0 saturated heterocycles. The lowest BCUT2D eigenvalue weighted by Crippen LogP contribution is -2.04. The smallest absolute Gasteiger partial charge is 0.186 e. The highest BCUT2D eigenvalue weighted by atomic mass is 32.1. The van der Waals surface area contributed by atoms with Gasteiger partial charge in [-0.2, -0.15) is 0 Å². The number of fused-ring (bicyclic) bond motifs is 1. The minimum Gasteiger partial charge on any atom is -0.325 e. The van der Waals surface area contributed by atoms with Gasteiger partial charge in [-0.05, 0) is 22.4 Å². The van der Waals surface area contributed by atoms with Gasteiger partial charge in [-0.15, -0.1) is 22.7 Å². The summed E-state index contributed by atoms with van der Waals surface area (Å²) in [5.41, 5.74) is 7.12. The summed E-state index contributed by atoms with van der Waals surface area (Å²) in [5, 5.41) is 5.81. The van der Waals surface area contributed by atoms with Crippen molar-refractivity contribution >= 4 is 38.5 Å². The van der Waals surface area contributed by atoms with Crippen LogP contribution < -0.4 is 5.73 Å². The van der Waals surface area contributed by atoms with E-state index < -0.39 is 0 Å². The summed E-state index contributed by atoms with van der Waals surface area (Å²) in [6, 6.07) is 8.14. The van der Waals surface area contributed by atoms with Gasteiger partial charge in [-0.1, -0.05) is 18.2 Å². The highest BCUT2D eigenvalue weighted by molar-refractivity contribution is 7.17. The Kier molecular flexibility index (Phi) is 3.42. The van der Waals surface area contributed by atoms with E-state index in [1.165, 1.54) is 16.0 Å². The Balaban J connectivity index is 1.86. The molecule has 19 heavy (non-hydrogen) atoms. The quantitative estimate of drug-likeness (QED) is 0.750. The zero-order valence-corrected chi connectivity index (χ0v) is 11.8. The molecule has 2 heterocycles. The number of Topliss-reactive ketones (excluding diaryl/α,β-unsaturated/α-hetero) is 1. The molecule has 0 aliphatic heterocycles. The van der Waals surface area contributed by atoms with E-state index in [0.717, 1.165) is 16.0 Å². The molecule has 0 saturated carbocycles. The van der Waals surface area contributed by atoms with Crippen LogP contribution in [0.2, 0.25) is 0 Å². The lowest BCUT2D eigenvalue weighted by atomic mass is 10.1. The Bertz CT molecular complexity index is 730. The Morgan fingerprint density at radius 3 is 2.84 bits per heavy atom. The van der Waals surface area contributed by atoms with Crippen LogP contribution in [0.15, 0.2) is 35.0 Å². The topological polar surface area (TPSA) is 56.0 Å². The van der Waals surface area contributed by atoms with Gasteiger partial charge >= 0.3 is 0 Å². The molecule has 1 aromatic carbocycles. The fourth-order valence-electron chi connectivity index (χ4n) is 1.97. The molecule has 0 radical (unpaired) electrons. The van der Waals surface area contributed by atoms with E-state index in [2.05, 4.69) is 22.5 Å². The van der Waals surface area contributed by atoms with Crippen molar-refractivity contribution < 1.29 is 4.79 Å². The maximum atomic E-state index is 12.2. The minimum absolute atomic E-state index is 0.0551. The molecule has 0 spiro atoms. The standard InChI is InChI=1S/C14H12N2OS2/c15-6-14-16-11(8-19-14)12(17)5-9-7-18-13-4-2-1-3-10(9)13/h1-4,7-8H,5-6,15H2. The van der Waals surface area contributed by atoms with Crippen LogP contribution in [0.3, 0.4) is 0 Å². The van der Waals surface area contributed by atoms with E-state index in [4.69, 9.17) is 5.73 Å². The van der Waals surface area contributed by atoms with E-state index >= 15 is 0 Å². The number of thiophene rings is 1. The Morgan fingerprint density at radius 1 is 1.21 bits per heavy atom. The predicted molar refractivity (Wildman–Crippen MR) is 79.9 cm³/mol. The van der Waals surface area contributed by atoms with Gasteiger partial charge in [-0.25, -0.2) is 4.98 Å². The Labute approximate surface area is 118 Å². The maximum absolute atomic E-state index is 12.2. The number of carbonyl (C=O) groups is 1. The molecule has 0 atom stereocenters. The van der Waals surface area contributed by atoms with E-state index in [1.807, 2.05) is 12.1 Å². The van der Waals surface area contributed by atoms with E-state index in [0.29, 0.717) is 18.7 Å². The first kappa shape index (κ1) is 12.5. The average Bonchev–Trinajstić information content (AvgIpc) is 3.06. The number of benzene rings is 1. The Hall–Kier alpha value is -1.56. The van der Waals surface area contributed by atoms with Crippen LogP contribution in [0, 0.1) is 0 Å². The number of hydrogen-bond donors (Lipinski definition) is 1. The summed E-state index contributed by atoms with van der Waals surface area (Å²) in [6.45, 7) is 0.388. The van der Waals surface area contributed by atoms with Crippen molar-refractivity contribution in [2.45, 2.75) is 13.0 Å². The van der Waals surface area contributed by atoms with Crippen LogP contribution in [0.25, 0.3) is 10.1 Å². The third kappa shape index (κ3) is 2.45. The molecule has 0 bridgehead atoms. The average molecular weight is 288 g/mol. The molecule has 5 heteroatoms. The van der Waals surface area contributed by atoms with Gasteiger partial charge in [0.1, 0.15) is 10.7 Å². The first-order chi connectivity index (χ1) is 9.28. The van der Waals surface area contributed by atoms with Gasteiger partial charge in [0.25, 0.3) is 0 Å². The zero-order valence-electron chi connectivity index (χ0n) is 10.1. The molecule has 0 aliphatic carbocycles. The summed E-state index contributed by atoms with van der Waals surface area (Å²) in [4.78, 5) is 16.4. The van der Waals surface area contributed by atoms with Gasteiger partial charge in [0, 0.05) is 23.0 Å². The number of ketones is 1. The highest BCUT2D eigenvalue weighted by Gasteiger charge is 2.13. The molecular formula is C14H12N2OS2. The van der Waals surface area contributed by atoms with E-state index in [-0.39, 0.29) is 5.78 Å². The normalized spacial score (nSPS) is 11.0. The van der Waals surface area contributed by atoms with Gasteiger partial charge < -0.3 is 5.73 Å². The second-order valence-corrected chi connectivity index (χ2v) is 6.04. The maximum Gasteiger partial charge on any atom is 0.186 e. The second-order valence-electron chi connectivity index (χ2n) is 4.19. The SMILES string of the molecule is NCc1nc(C(=O)Cc2csc3ccccc23)cs1. The molecule has 3 rings (SSSR count). The number of thiazole rings is 1. The zero-order chi connectivity index (χ0) is 13.2. The highest BCUT2D eigenvalue weighted by Crippen LogP contribution is 2.26. The van der Waals surface area contributed by atoms with Crippen molar-refractivity contribution in [3.63, 3.8) is 0 Å². The van der Waals surface area contributed by atoms with E-state index in [9.17, 15) is 4.79 Å². The van der Waals surface area contributed by atoms with E-state index in [1.54, 1.807) is 16.7 Å². The lowest BCUT2D eigenvalue weighted by molar-refractivity contribution is 0.0989. The summed E-state index contributed by atoms with van der Waals surface area (Å²) in [5.74, 6) is 0.0551. The second kappa shape index (κ2) is 5.21. The van der Waals surface area contributed by atoms with Crippen molar-refractivity contribution in [3.8, 4) is 0 Å². The van der Waals surface area contributed by atoms with Crippen LogP contribution in [0.1, 0.15) is 21.1 Å². The number of rotatable bonds is 4. The summed E-state index contributed by atoms with van der Waals surface area (Å²) >= 11 is 3.11. The Morgan fingerprint density at radius 2 is 2.05 bits per heavy atom. The van der Waals surface area contributed by atoms with Crippen LogP contribution in [0.4, 0.5) is 0 Å². The van der Waals surface area contributed by atoms with Crippen molar-refractivity contribution in [2.24, 2.45) is 5.73 Å². The van der Waals surface area contributed by atoms with Crippen molar-refractivity contribution in [3.05, 3.63) is 51.3 Å². The summed E-state index contributed by atoms with van der Waals surface area (Å²) in [7, 11) is 0. The first-order valence-corrected chi connectivity index (χ1v) is 7.66. The molecule has 0 aliphatic rings. The molecule has 96 valence electrons. The van der Waals surface area contributed by atoms with Crippen molar-refractivity contribution in [1.82, 2.24) is 4.98 Å². The number of nitrogens with two attached hydrogens (primary N) is 1. The van der Waals surface area contributed by atoms with Crippen LogP contribution in [-0.2, 0) is 13.0 Å². The molecule has 2 aromatic heterocycles. The summed E-state index contributed by atoms with van der Waals surface area (Å²) in [6.07, 6.45) is 0.401. The molecule has 0 unspecified atom stereocenters. The number of aromatic nitrogens is 1. The molecule has 3 aromatic rings. The molecule has 3 nitrogen and oxygen atoms in total. The van der Waals surface area contributed by atoms with Gasteiger partial charge in [-0.3, -0.25) is 4.79 Å². The molecule has 0 amide bonds. The number of hydrogen-bond acceptors (Lipinski definition) is 5. The van der Waals surface area contributed by atoms with Crippen LogP contribution in [0.5, 0.6) is 0 Å². The third-order valence-electron chi connectivity index (χ3n) is 2.92. The van der Waals surface area contributed by atoms with Gasteiger partial charge in [0.05, 0.1) is 0 Å². The lowest BCUT2D eigenvalue weighted by Gasteiger charge is -1.97. The number of nitrogens with zero attached hydrogens (tertiary/aromatic N) is 1. The molecular weight excluding hydrogens is 276 g/mol. The largest absolute Gasteiger partial charge is 0.325 e. The van der Waals surface area contributed by atoms with Gasteiger partial charge in [0.2, 0.25) is 0 Å². The van der Waals surface area contributed by atoms with Crippen LogP contribution >= 0.6 is 22.7 Å². The predicted octanol–water partition coefficient (Wildman–Crippen LogP) is 3.24. The van der Waals surface area contributed by atoms with Gasteiger partial charge in [0.15, 0.2) is 5.78 Å². The molecule has 0 fully saturated rings. The fraction of sp³-hybridized carbons (Fsp3) is 0.143. The fourth-order valence-corrected chi connectivity index (χ4v) is 3.61.